The molecule has 0 aromatic rings. The Morgan fingerprint density at radius 3 is 1.25 bits per heavy atom. The predicted molar refractivity (Wildman–Crippen MR) is 78.3 cm³/mol. The lowest BCUT2D eigenvalue weighted by molar-refractivity contribution is 0.246. The lowest BCUT2D eigenvalue weighted by Crippen LogP contribution is -2.29. The molecule has 0 rings (SSSR count). The summed E-state index contributed by atoms with van der Waals surface area (Å²) in [5.74, 6) is 0. The largest absolute Gasteiger partial charge is 0.309 e. The molecule has 0 N–H and O–H groups in total. The molecule has 0 saturated carbocycles. The normalized spacial score (nSPS) is 9.75. The van der Waals surface area contributed by atoms with E-state index in [0.29, 0.717) is 6.04 Å². The first-order valence-corrected chi connectivity index (χ1v) is 6.88. The standard InChI is InChI=1S/C7H17N.C5H13N.C2H6/c1-5-8(6-2)7(3)4;1-4-5-6(2)3;1-2/h7H,5-6H2,1-4H3;4-5H2,1-3H3;1-2H3. The Hall–Kier alpha value is -0.0800. The topological polar surface area (TPSA) is 6.48 Å². The molecule has 0 aliphatic heterocycles. The van der Waals surface area contributed by atoms with Crippen molar-refractivity contribution in [1.29, 1.82) is 0 Å². The third kappa shape index (κ3) is 19.5. The highest BCUT2D eigenvalue weighted by molar-refractivity contribution is 4.56. The molecule has 0 bridgehead atoms. The monoisotopic (exact) mass is 232 g/mol. The van der Waals surface area contributed by atoms with Crippen molar-refractivity contribution in [3.8, 4) is 0 Å². The lowest BCUT2D eigenvalue weighted by atomic mass is 10.3. The number of hydrogen-bond donors (Lipinski definition) is 0. The smallest absolute Gasteiger partial charge is 0.00383 e. The number of nitrogens with zero attached hydrogens (tertiary/aromatic N) is 2. The van der Waals surface area contributed by atoms with Crippen molar-refractivity contribution in [2.75, 3.05) is 33.7 Å². The van der Waals surface area contributed by atoms with Gasteiger partial charge in [-0.05, 0) is 54.0 Å². The van der Waals surface area contributed by atoms with E-state index in [1.54, 1.807) is 0 Å². The molecule has 0 fully saturated rings. The highest BCUT2D eigenvalue weighted by atomic mass is 15.1. The van der Waals surface area contributed by atoms with Crippen molar-refractivity contribution >= 4 is 0 Å². The third-order valence-corrected chi connectivity index (χ3v) is 2.21. The average molecular weight is 232 g/mol. The van der Waals surface area contributed by atoms with Crippen LogP contribution in [0.25, 0.3) is 0 Å². The van der Waals surface area contributed by atoms with Gasteiger partial charge in [0.25, 0.3) is 0 Å². The summed E-state index contributed by atoms with van der Waals surface area (Å²) >= 11 is 0. The highest BCUT2D eigenvalue weighted by Gasteiger charge is 2.00. The van der Waals surface area contributed by atoms with E-state index < -0.39 is 0 Å². The molecule has 2 nitrogen and oxygen atoms in total. The maximum Gasteiger partial charge on any atom is 0.00383 e. The van der Waals surface area contributed by atoms with Crippen molar-refractivity contribution in [2.45, 2.75) is 60.9 Å². The second-order valence-corrected chi connectivity index (χ2v) is 4.12. The average Bonchev–Trinajstić information content (AvgIpc) is 2.22. The van der Waals surface area contributed by atoms with Crippen LogP contribution in [0.15, 0.2) is 0 Å². The summed E-state index contributed by atoms with van der Waals surface area (Å²) in [6.45, 7) is 18.6. The summed E-state index contributed by atoms with van der Waals surface area (Å²) in [5, 5.41) is 0. The number of hydrogen-bond acceptors (Lipinski definition) is 2. The molecule has 0 aromatic heterocycles. The van der Waals surface area contributed by atoms with Crippen LogP contribution in [-0.2, 0) is 0 Å². The summed E-state index contributed by atoms with van der Waals surface area (Å²) in [5.41, 5.74) is 0. The summed E-state index contributed by atoms with van der Waals surface area (Å²) in [6.07, 6.45) is 1.26. The van der Waals surface area contributed by atoms with Crippen molar-refractivity contribution in [3.63, 3.8) is 0 Å². The molecule has 0 radical (unpaired) electrons. The molecule has 0 amide bonds. The first-order chi connectivity index (χ1) is 7.49. The second-order valence-electron chi connectivity index (χ2n) is 4.12. The Kier molecular flexibility index (Phi) is 23.0. The molecule has 0 aliphatic rings. The van der Waals surface area contributed by atoms with Crippen LogP contribution in [0.2, 0.25) is 0 Å². The van der Waals surface area contributed by atoms with Crippen LogP contribution in [0.4, 0.5) is 0 Å². The van der Waals surface area contributed by atoms with Gasteiger partial charge in [-0.3, -0.25) is 0 Å². The zero-order valence-electron chi connectivity index (χ0n) is 13.3. The van der Waals surface area contributed by atoms with E-state index in [9.17, 15) is 0 Å². The van der Waals surface area contributed by atoms with Crippen molar-refractivity contribution in [2.24, 2.45) is 0 Å². The first kappa shape index (κ1) is 21.2. The summed E-state index contributed by atoms with van der Waals surface area (Å²) < 4.78 is 0. The Morgan fingerprint density at radius 2 is 1.25 bits per heavy atom. The van der Waals surface area contributed by atoms with E-state index in [2.05, 4.69) is 58.5 Å². The van der Waals surface area contributed by atoms with Crippen molar-refractivity contribution in [1.82, 2.24) is 9.80 Å². The van der Waals surface area contributed by atoms with Gasteiger partial charge in [0, 0.05) is 6.04 Å². The third-order valence-electron chi connectivity index (χ3n) is 2.21. The van der Waals surface area contributed by atoms with Crippen LogP contribution >= 0.6 is 0 Å². The minimum absolute atomic E-state index is 0.713. The van der Waals surface area contributed by atoms with Crippen LogP contribution in [0, 0.1) is 0 Å². The molecular formula is C14H36N2. The quantitative estimate of drug-likeness (QED) is 0.713. The minimum atomic E-state index is 0.713. The van der Waals surface area contributed by atoms with Crippen LogP contribution in [0.3, 0.4) is 0 Å². The zero-order chi connectivity index (χ0) is 13.6. The van der Waals surface area contributed by atoms with E-state index >= 15 is 0 Å². The molecule has 0 heterocycles. The fourth-order valence-electron chi connectivity index (χ4n) is 1.40. The van der Waals surface area contributed by atoms with Gasteiger partial charge in [0.2, 0.25) is 0 Å². The SMILES string of the molecule is CC.CCCN(C)C.CCN(CC)C(C)C. The van der Waals surface area contributed by atoms with Gasteiger partial charge in [-0.1, -0.05) is 34.6 Å². The Balaban J connectivity index is -0.000000188. The van der Waals surface area contributed by atoms with E-state index in [0.717, 1.165) is 0 Å². The Labute approximate surface area is 105 Å². The molecule has 0 unspecified atom stereocenters. The van der Waals surface area contributed by atoms with Gasteiger partial charge in [-0.25, -0.2) is 0 Å². The number of rotatable bonds is 5. The maximum absolute atomic E-state index is 2.42. The van der Waals surface area contributed by atoms with E-state index in [-0.39, 0.29) is 0 Å². The van der Waals surface area contributed by atoms with E-state index in [4.69, 9.17) is 0 Å². The van der Waals surface area contributed by atoms with Crippen LogP contribution in [0.1, 0.15) is 54.9 Å². The van der Waals surface area contributed by atoms with Gasteiger partial charge >= 0.3 is 0 Å². The maximum atomic E-state index is 2.42. The molecule has 2 heteroatoms. The van der Waals surface area contributed by atoms with Gasteiger partial charge in [0.05, 0.1) is 0 Å². The van der Waals surface area contributed by atoms with Crippen LogP contribution in [0.5, 0.6) is 0 Å². The fourth-order valence-corrected chi connectivity index (χ4v) is 1.40. The van der Waals surface area contributed by atoms with Gasteiger partial charge in [-0.2, -0.15) is 0 Å². The molecular weight excluding hydrogens is 196 g/mol. The van der Waals surface area contributed by atoms with Gasteiger partial charge in [0.1, 0.15) is 0 Å². The molecule has 16 heavy (non-hydrogen) atoms. The summed E-state index contributed by atoms with van der Waals surface area (Å²) in [7, 11) is 4.17. The van der Waals surface area contributed by atoms with E-state index in [1.807, 2.05) is 13.8 Å². The molecule has 0 saturated heterocycles. The lowest BCUT2D eigenvalue weighted by Gasteiger charge is -2.21. The molecule has 102 valence electrons. The minimum Gasteiger partial charge on any atom is -0.309 e. The Morgan fingerprint density at radius 1 is 0.875 bits per heavy atom. The molecule has 0 atom stereocenters. The van der Waals surface area contributed by atoms with Gasteiger partial charge in [-0.15, -0.1) is 0 Å². The van der Waals surface area contributed by atoms with Crippen molar-refractivity contribution in [3.05, 3.63) is 0 Å². The van der Waals surface area contributed by atoms with Crippen LogP contribution < -0.4 is 0 Å². The second kappa shape index (κ2) is 17.3. The van der Waals surface area contributed by atoms with Crippen molar-refractivity contribution < 1.29 is 0 Å². The molecule has 0 aromatic carbocycles. The van der Waals surface area contributed by atoms with Crippen LogP contribution in [-0.4, -0.2) is 49.6 Å². The predicted octanol–water partition coefficient (Wildman–Crippen LogP) is 3.72. The first-order valence-electron chi connectivity index (χ1n) is 6.88. The molecule has 0 spiro atoms. The zero-order valence-corrected chi connectivity index (χ0v) is 13.3. The molecule has 0 aliphatic carbocycles. The fraction of sp³-hybridized carbons (Fsp3) is 1.00. The van der Waals surface area contributed by atoms with E-state index in [1.165, 1.54) is 26.1 Å². The summed E-state index contributed by atoms with van der Waals surface area (Å²) in [6, 6.07) is 0.713. The Bertz CT molecular complexity index is 96.9. The van der Waals surface area contributed by atoms with Gasteiger partial charge < -0.3 is 9.80 Å². The summed E-state index contributed by atoms with van der Waals surface area (Å²) in [4.78, 5) is 4.60. The van der Waals surface area contributed by atoms with Gasteiger partial charge in [0.15, 0.2) is 0 Å². The highest BCUT2D eigenvalue weighted by Crippen LogP contribution is 1.94.